The summed E-state index contributed by atoms with van der Waals surface area (Å²) in [5.41, 5.74) is 3.84. The van der Waals surface area contributed by atoms with E-state index >= 15 is 0 Å². The number of carbonyl (C=O) groups excluding carboxylic acids is 1. The van der Waals surface area contributed by atoms with Gasteiger partial charge in [0.05, 0.1) is 18.3 Å². The summed E-state index contributed by atoms with van der Waals surface area (Å²) in [6, 6.07) is 9.62. The molecule has 1 N–H and O–H groups in total. The number of aryl methyl sites for hydroxylation is 2. The van der Waals surface area contributed by atoms with Crippen molar-refractivity contribution in [2.45, 2.75) is 32.2 Å². The van der Waals surface area contributed by atoms with Crippen molar-refractivity contribution >= 4 is 29.3 Å². The maximum atomic E-state index is 12.9. The molecule has 1 saturated heterocycles. The van der Waals surface area contributed by atoms with Crippen LogP contribution in [0.5, 0.6) is 0 Å². The van der Waals surface area contributed by atoms with Gasteiger partial charge in [0.2, 0.25) is 11.9 Å². The zero-order valence-electron chi connectivity index (χ0n) is 19.5. The molecule has 1 atom stereocenters. The number of rotatable bonds is 6. The van der Waals surface area contributed by atoms with E-state index in [0.717, 1.165) is 48.3 Å². The fraction of sp³-hybridized carbons (Fsp3) is 0.417. The number of nitrogens with zero attached hydrogens (tertiary/aromatic N) is 6. The highest BCUT2D eigenvalue weighted by Crippen LogP contribution is 2.36. The molecule has 0 unspecified atom stereocenters. The molecule has 8 nitrogen and oxygen atoms in total. The summed E-state index contributed by atoms with van der Waals surface area (Å²) in [5, 5.41) is 7.94. The van der Waals surface area contributed by atoms with Crippen molar-refractivity contribution < 1.29 is 4.79 Å². The summed E-state index contributed by atoms with van der Waals surface area (Å²) >= 11 is 6.28. The van der Waals surface area contributed by atoms with Gasteiger partial charge in [-0.3, -0.25) is 14.4 Å². The van der Waals surface area contributed by atoms with Crippen LogP contribution in [-0.4, -0.2) is 57.7 Å². The second kappa shape index (κ2) is 9.89. The van der Waals surface area contributed by atoms with Crippen LogP contribution >= 0.6 is 11.6 Å². The standard InChI is InChI=1S/C24H30ClN7O/c1-16-12-21(29-31(16)4)27-22(33)15-32-11-6-5-10-20(32)23-19(14-26-24(28-23)30(2)3)17-8-7-9-18(25)13-17/h7-9,12-14,20H,5-6,10-11,15H2,1-4H3,(H,27,29,33)/t20-/m0/s1. The Balaban J connectivity index is 1.64. The molecule has 174 valence electrons. The Morgan fingerprint density at radius 1 is 1.27 bits per heavy atom. The van der Waals surface area contributed by atoms with Gasteiger partial charge in [-0.1, -0.05) is 30.2 Å². The van der Waals surface area contributed by atoms with E-state index in [4.69, 9.17) is 16.6 Å². The maximum absolute atomic E-state index is 12.9. The van der Waals surface area contributed by atoms with Crippen LogP contribution in [0, 0.1) is 6.92 Å². The molecule has 0 saturated carbocycles. The number of hydrogen-bond acceptors (Lipinski definition) is 6. The van der Waals surface area contributed by atoms with Gasteiger partial charge in [-0.2, -0.15) is 5.10 Å². The Morgan fingerprint density at radius 3 is 2.79 bits per heavy atom. The number of piperidine rings is 1. The van der Waals surface area contributed by atoms with E-state index in [1.165, 1.54) is 0 Å². The van der Waals surface area contributed by atoms with Gasteiger partial charge in [0, 0.05) is 49.7 Å². The molecule has 1 aromatic carbocycles. The Labute approximate surface area is 199 Å². The van der Waals surface area contributed by atoms with Crippen LogP contribution in [0.4, 0.5) is 11.8 Å². The topological polar surface area (TPSA) is 79.2 Å². The van der Waals surface area contributed by atoms with Crippen molar-refractivity contribution in [3.8, 4) is 11.1 Å². The van der Waals surface area contributed by atoms with Crippen molar-refractivity contribution in [1.82, 2.24) is 24.6 Å². The highest BCUT2D eigenvalue weighted by molar-refractivity contribution is 6.30. The maximum Gasteiger partial charge on any atom is 0.239 e. The first-order valence-corrected chi connectivity index (χ1v) is 11.5. The molecule has 1 fully saturated rings. The molecule has 1 amide bonds. The van der Waals surface area contributed by atoms with Crippen LogP contribution in [0.25, 0.3) is 11.1 Å². The molecule has 1 aliphatic rings. The molecule has 2 aromatic heterocycles. The van der Waals surface area contributed by atoms with Gasteiger partial charge >= 0.3 is 0 Å². The van der Waals surface area contributed by atoms with Crippen LogP contribution in [0.3, 0.4) is 0 Å². The molecule has 0 radical (unpaired) electrons. The first-order valence-electron chi connectivity index (χ1n) is 11.2. The van der Waals surface area contributed by atoms with Crippen molar-refractivity contribution in [1.29, 1.82) is 0 Å². The molecule has 1 aliphatic heterocycles. The molecule has 0 bridgehead atoms. The van der Waals surface area contributed by atoms with Crippen LogP contribution in [0.2, 0.25) is 5.02 Å². The largest absolute Gasteiger partial charge is 0.347 e. The first kappa shape index (κ1) is 23.2. The third kappa shape index (κ3) is 5.34. The van der Waals surface area contributed by atoms with Crippen LogP contribution < -0.4 is 10.2 Å². The molecule has 3 aromatic rings. The van der Waals surface area contributed by atoms with E-state index in [2.05, 4.69) is 20.3 Å². The molecular weight excluding hydrogens is 438 g/mol. The highest BCUT2D eigenvalue weighted by atomic mass is 35.5. The van der Waals surface area contributed by atoms with E-state index in [1.54, 1.807) is 4.68 Å². The number of amides is 1. The number of halogens is 1. The normalized spacial score (nSPS) is 16.6. The molecule has 0 aliphatic carbocycles. The summed E-state index contributed by atoms with van der Waals surface area (Å²) in [6.07, 6.45) is 4.92. The number of hydrogen-bond donors (Lipinski definition) is 1. The molecule has 0 spiro atoms. The third-order valence-corrected chi connectivity index (χ3v) is 6.23. The van der Waals surface area contributed by atoms with Gasteiger partial charge in [-0.15, -0.1) is 0 Å². The first-order chi connectivity index (χ1) is 15.8. The lowest BCUT2D eigenvalue weighted by Crippen LogP contribution is -2.40. The monoisotopic (exact) mass is 467 g/mol. The van der Waals surface area contributed by atoms with Gasteiger partial charge < -0.3 is 10.2 Å². The number of benzene rings is 1. The minimum atomic E-state index is -0.0776. The molecule has 9 heteroatoms. The lowest BCUT2D eigenvalue weighted by atomic mass is 9.94. The van der Waals surface area contributed by atoms with Crippen LogP contribution in [0.1, 0.15) is 36.7 Å². The number of anilines is 2. The average molecular weight is 468 g/mol. The summed E-state index contributed by atoms with van der Waals surface area (Å²) in [4.78, 5) is 26.5. The number of nitrogens with one attached hydrogen (secondary N) is 1. The molecule has 3 heterocycles. The predicted molar refractivity (Wildman–Crippen MR) is 132 cm³/mol. The number of likely N-dealkylation sites (tertiary alicyclic amines) is 1. The van der Waals surface area contributed by atoms with Crippen LogP contribution in [0.15, 0.2) is 36.5 Å². The zero-order valence-corrected chi connectivity index (χ0v) is 20.3. The minimum Gasteiger partial charge on any atom is -0.347 e. The molecule has 33 heavy (non-hydrogen) atoms. The second-order valence-electron chi connectivity index (χ2n) is 8.70. The van der Waals surface area contributed by atoms with Crippen molar-refractivity contribution in [3.05, 3.63) is 52.9 Å². The molecular formula is C24H30ClN7O. The fourth-order valence-electron chi connectivity index (χ4n) is 4.21. The van der Waals surface area contributed by atoms with Crippen LogP contribution in [-0.2, 0) is 11.8 Å². The smallest absolute Gasteiger partial charge is 0.239 e. The third-order valence-electron chi connectivity index (χ3n) is 6.00. The van der Waals surface area contributed by atoms with E-state index in [0.29, 0.717) is 16.8 Å². The summed E-state index contributed by atoms with van der Waals surface area (Å²) in [7, 11) is 5.72. The van der Waals surface area contributed by atoms with Crippen molar-refractivity contribution in [2.24, 2.45) is 7.05 Å². The Kier molecular flexibility index (Phi) is 6.95. The zero-order chi connectivity index (χ0) is 23.5. The summed E-state index contributed by atoms with van der Waals surface area (Å²) < 4.78 is 1.75. The van der Waals surface area contributed by atoms with E-state index < -0.39 is 0 Å². The average Bonchev–Trinajstić information content (AvgIpc) is 3.10. The second-order valence-corrected chi connectivity index (χ2v) is 9.13. The van der Waals surface area contributed by atoms with Gasteiger partial charge in [-0.25, -0.2) is 9.97 Å². The van der Waals surface area contributed by atoms with Crippen molar-refractivity contribution in [2.75, 3.05) is 37.4 Å². The molecule has 4 rings (SSSR count). The Morgan fingerprint density at radius 2 is 2.09 bits per heavy atom. The summed E-state index contributed by atoms with van der Waals surface area (Å²) in [5.74, 6) is 1.14. The Hall–Kier alpha value is -2.97. The van der Waals surface area contributed by atoms with Gasteiger partial charge in [-0.05, 0) is 44.0 Å². The number of aromatic nitrogens is 4. The SMILES string of the molecule is Cc1cc(NC(=O)CN2CCCC[C@H]2c2nc(N(C)C)ncc2-c2cccc(Cl)c2)nn1C. The van der Waals surface area contributed by atoms with Gasteiger partial charge in [0.1, 0.15) is 0 Å². The summed E-state index contributed by atoms with van der Waals surface area (Å²) in [6.45, 7) is 3.06. The van der Waals surface area contributed by atoms with Gasteiger partial charge in [0.15, 0.2) is 5.82 Å². The van der Waals surface area contributed by atoms with Crippen molar-refractivity contribution in [3.63, 3.8) is 0 Å². The Bertz CT molecular complexity index is 1120. The minimum absolute atomic E-state index is 0.00523. The van der Waals surface area contributed by atoms with Gasteiger partial charge in [0.25, 0.3) is 0 Å². The van der Waals surface area contributed by atoms with E-state index in [9.17, 15) is 4.79 Å². The van der Waals surface area contributed by atoms with E-state index in [-0.39, 0.29) is 18.5 Å². The number of carbonyl (C=O) groups is 1. The quantitative estimate of drug-likeness (QED) is 0.588. The lowest BCUT2D eigenvalue weighted by molar-refractivity contribution is -0.118. The highest BCUT2D eigenvalue weighted by Gasteiger charge is 2.30. The fourth-order valence-corrected chi connectivity index (χ4v) is 4.40. The lowest BCUT2D eigenvalue weighted by Gasteiger charge is -2.35. The van der Waals surface area contributed by atoms with E-state index in [1.807, 2.05) is 69.5 Å². The predicted octanol–water partition coefficient (Wildman–Crippen LogP) is 4.07.